The lowest BCUT2D eigenvalue weighted by Crippen LogP contribution is -2.50. The van der Waals surface area contributed by atoms with Gasteiger partial charge in [0.1, 0.15) is 9.96 Å². The summed E-state index contributed by atoms with van der Waals surface area (Å²) in [5, 5.41) is 10.5. The van der Waals surface area contributed by atoms with Crippen molar-refractivity contribution in [1.82, 2.24) is 15.2 Å². The van der Waals surface area contributed by atoms with E-state index in [-0.39, 0.29) is 19.0 Å². The zero-order valence-electron chi connectivity index (χ0n) is 16.8. The minimum absolute atomic E-state index is 0.241. The second-order valence-corrected chi connectivity index (χ2v) is 10.1. The molecule has 1 atom stereocenters. The van der Waals surface area contributed by atoms with Crippen molar-refractivity contribution < 1.29 is 22.7 Å². The zero-order chi connectivity index (χ0) is 22.4. The highest BCUT2D eigenvalue weighted by molar-refractivity contribution is 7.91. The number of hydrogen-bond acceptors (Lipinski definition) is 7. The molecule has 3 rings (SSSR count). The molecule has 1 aliphatic rings. The number of nitrogens with one attached hydrogen (secondary N) is 2. The highest BCUT2D eigenvalue weighted by Gasteiger charge is 2.32. The smallest absolute Gasteiger partial charge is 0.279 e. The number of nitrogens with zero attached hydrogens (tertiary/aromatic N) is 2. The van der Waals surface area contributed by atoms with Crippen LogP contribution in [0.15, 0.2) is 46.0 Å². The van der Waals surface area contributed by atoms with E-state index in [9.17, 15) is 18.0 Å². The van der Waals surface area contributed by atoms with E-state index in [0.717, 1.165) is 11.3 Å². The maximum Gasteiger partial charge on any atom is 0.279 e. The van der Waals surface area contributed by atoms with Crippen molar-refractivity contribution >= 4 is 33.2 Å². The average molecular weight is 463 g/mol. The fourth-order valence-electron chi connectivity index (χ4n) is 3.09. The molecule has 1 unspecified atom stereocenters. The fraction of sp³-hybridized carbons (Fsp3) is 0.350. The van der Waals surface area contributed by atoms with Gasteiger partial charge in [-0.25, -0.2) is 8.42 Å². The summed E-state index contributed by atoms with van der Waals surface area (Å²) in [7, 11) is -3.52. The van der Waals surface area contributed by atoms with Crippen LogP contribution < -0.4 is 15.6 Å². The Morgan fingerprint density at radius 2 is 1.87 bits per heavy atom. The Kier molecular flexibility index (Phi) is 7.27. The van der Waals surface area contributed by atoms with Gasteiger partial charge in [-0.2, -0.15) is 9.57 Å². The molecule has 2 heterocycles. The Hall–Kier alpha value is -2.94. The topological polar surface area (TPSA) is 129 Å². The largest absolute Gasteiger partial charge is 0.481 e. The fourth-order valence-corrected chi connectivity index (χ4v) is 5.70. The Morgan fingerprint density at radius 3 is 2.45 bits per heavy atom. The van der Waals surface area contributed by atoms with Gasteiger partial charge in [-0.05, 0) is 55.5 Å². The highest BCUT2D eigenvalue weighted by atomic mass is 32.2. The van der Waals surface area contributed by atoms with Crippen molar-refractivity contribution in [3.63, 3.8) is 0 Å². The third-order valence-corrected chi connectivity index (χ3v) is 8.16. The summed E-state index contributed by atoms with van der Waals surface area (Å²) in [6.07, 6.45) is -0.140. The van der Waals surface area contributed by atoms with Crippen LogP contribution in [0.25, 0.3) is 0 Å². The molecule has 164 valence electrons. The maximum atomic E-state index is 12.5. The number of ether oxygens (including phenoxy) is 1. The monoisotopic (exact) mass is 462 g/mol. The Balaban J connectivity index is 1.44. The summed E-state index contributed by atoms with van der Waals surface area (Å²) < 4.78 is 32.3. The summed E-state index contributed by atoms with van der Waals surface area (Å²) in [6.45, 7) is 2.02. The van der Waals surface area contributed by atoms with E-state index in [2.05, 4.69) is 10.9 Å². The predicted octanol–water partition coefficient (Wildman–Crippen LogP) is 1.64. The van der Waals surface area contributed by atoms with Crippen LogP contribution in [0.1, 0.15) is 25.3 Å². The first-order chi connectivity index (χ1) is 14.8. The summed E-state index contributed by atoms with van der Waals surface area (Å²) >= 11 is 1.16. The van der Waals surface area contributed by atoms with Crippen molar-refractivity contribution in [2.45, 2.75) is 30.1 Å². The predicted molar refractivity (Wildman–Crippen MR) is 113 cm³/mol. The standard InChI is InChI=1S/C20H22N4O5S2/c1-14(29-17-6-4-15(13-21)5-7-17)19(25)22-23-20(26)16-8-10-24(11-9-16)31(27,28)18-3-2-12-30-18/h2-7,12,14,16H,8-11H2,1H3,(H,22,25)(H,23,26). The second kappa shape index (κ2) is 9.91. The number of nitriles is 1. The van der Waals surface area contributed by atoms with Crippen molar-refractivity contribution in [3.05, 3.63) is 47.3 Å². The van der Waals surface area contributed by atoms with Crippen LogP contribution in [0.5, 0.6) is 5.75 Å². The zero-order valence-corrected chi connectivity index (χ0v) is 18.4. The molecule has 1 fully saturated rings. The molecule has 0 spiro atoms. The second-order valence-electron chi connectivity index (χ2n) is 6.99. The quantitative estimate of drug-likeness (QED) is 0.628. The molecular formula is C20H22N4O5S2. The van der Waals surface area contributed by atoms with Crippen molar-refractivity contribution in [3.8, 4) is 11.8 Å². The number of thiophene rings is 1. The van der Waals surface area contributed by atoms with Crippen LogP contribution in [-0.4, -0.2) is 43.7 Å². The minimum atomic E-state index is -3.52. The first-order valence-electron chi connectivity index (χ1n) is 9.61. The number of rotatable bonds is 6. The first-order valence-corrected chi connectivity index (χ1v) is 11.9. The summed E-state index contributed by atoms with van der Waals surface area (Å²) in [5.41, 5.74) is 5.21. The van der Waals surface area contributed by atoms with Crippen LogP contribution in [-0.2, 0) is 19.6 Å². The molecule has 0 radical (unpaired) electrons. The molecule has 1 aromatic carbocycles. The molecule has 0 bridgehead atoms. The molecule has 1 aromatic heterocycles. The van der Waals surface area contributed by atoms with Gasteiger partial charge in [0.15, 0.2) is 6.10 Å². The number of hydrazine groups is 1. The van der Waals surface area contributed by atoms with Crippen molar-refractivity contribution in [2.24, 2.45) is 5.92 Å². The molecular weight excluding hydrogens is 440 g/mol. The lowest BCUT2D eigenvalue weighted by Gasteiger charge is -2.30. The Labute approximate surface area is 184 Å². The molecule has 2 amide bonds. The number of benzene rings is 1. The third kappa shape index (κ3) is 5.61. The van der Waals surface area contributed by atoms with Crippen LogP contribution in [0.3, 0.4) is 0 Å². The lowest BCUT2D eigenvalue weighted by molar-refractivity contribution is -0.134. The first kappa shape index (κ1) is 22.7. The van der Waals surface area contributed by atoms with E-state index in [1.165, 1.54) is 11.2 Å². The van der Waals surface area contributed by atoms with Crippen LogP contribution in [0, 0.1) is 17.2 Å². The Morgan fingerprint density at radius 1 is 1.19 bits per heavy atom. The van der Waals surface area contributed by atoms with Gasteiger partial charge in [0.05, 0.1) is 11.6 Å². The molecule has 31 heavy (non-hydrogen) atoms. The summed E-state index contributed by atoms with van der Waals surface area (Å²) in [6, 6.07) is 11.6. The van der Waals surface area contributed by atoms with E-state index in [1.54, 1.807) is 41.8 Å². The SMILES string of the molecule is CC(Oc1ccc(C#N)cc1)C(=O)NNC(=O)C1CCN(S(=O)(=O)c2cccs2)CC1. The molecule has 1 aliphatic heterocycles. The number of hydrogen-bond donors (Lipinski definition) is 2. The van der Waals surface area contributed by atoms with Gasteiger partial charge in [-0.15, -0.1) is 11.3 Å². The average Bonchev–Trinajstić information content (AvgIpc) is 3.33. The van der Waals surface area contributed by atoms with E-state index in [0.29, 0.717) is 28.4 Å². The molecule has 0 saturated carbocycles. The van der Waals surface area contributed by atoms with Gasteiger partial charge in [0.25, 0.3) is 15.9 Å². The van der Waals surface area contributed by atoms with Gasteiger partial charge in [0.2, 0.25) is 5.91 Å². The lowest BCUT2D eigenvalue weighted by atomic mass is 9.98. The van der Waals surface area contributed by atoms with Gasteiger partial charge in [-0.1, -0.05) is 6.07 Å². The van der Waals surface area contributed by atoms with Crippen LogP contribution in [0.2, 0.25) is 0 Å². The minimum Gasteiger partial charge on any atom is -0.481 e. The molecule has 11 heteroatoms. The van der Waals surface area contributed by atoms with Gasteiger partial charge >= 0.3 is 0 Å². The van der Waals surface area contributed by atoms with Gasteiger partial charge in [0, 0.05) is 19.0 Å². The number of amides is 2. The molecule has 2 aromatic rings. The van der Waals surface area contributed by atoms with E-state index in [4.69, 9.17) is 10.00 Å². The van der Waals surface area contributed by atoms with Crippen LogP contribution >= 0.6 is 11.3 Å². The number of carbonyl (C=O) groups excluding carboxylic acids is 2. The van der Waals surface area contributed by atoms with Crippen molar-refractivity contribution in [2.75, 3.05) is 13.1 Å². The third-order valence-electron chi connectivity index (χ3n) is 4.89. The molecule has 1 saturated heterocycles. The summed E-state index contributed by atoms with van der Waals surface area (Å²) in [5.74, 6) is -0.875. The summed E-state index contributed by atoms with van der Waals surface area (Å²) in [4.78, 5) is 24.6. The Bertz CT molecular complexity index is 1050. The number of piperidine rings is 1. The molecule has 0 aliphatic carbocycles. The van der Waals surface area contributed by atoms with Gasteiger partial charge < -0.3 is 4.74 Å². The number of carbonyl (C=O) groups is 2. The van der Waals surface area contributed by atoms with Gasteiger partial charge in [-0.3, -0.25) is 20.4 Å². The van der Waals surface area contributed by atoms with Crippen molar-refractivity contribution in [1.29, 1.82) is 5.26 Å². The molecule has 9 nitrogen and oxygen atoms in total. The number of sulfonamides is 1. The normalized spacial score (nSPS) is 16.1. The van der Waals surface area contributed by atoms with E-state index >= 15 is 0 Å². The van der Waals surface area contributed by atoms with E-state index in [1.807, 2.05) is 6.07 Å². The maximum absolute atomic E-state index is 12.5. The van der Waals surface area contributed by atoms with Crippen LogP contribution in [0.4, 0.5) is 0 Å². The highest BCUT2D eigenvalue weighted by Crippen LogP contribution is 2.26. The molecule has 2 N–H and O–H groups in total. The van der Waals surface area contributed by atoms with E-state index < -0.39 is 28.0 Å².